The first-order valence-corrected chi connectivity index (χ1v) is 7.35. The molecule has 0 fully saturated rings. The molecule has 0 aliphatic rings. The minimum Gasteiger partial charge on any atom is -0.349 e. The zero-order valence-corrected chi connectivity index (χ0v) is 11.7. The fourth-order valence-electron chi connectivity index (χ4n) is 2.16. The monoisotopic (exact) mass is 271 g/mol. The third-order valence-electron chi connectivity index (χ3n) is 3.24. The Morgan fingerprint density at radius 1 is 1.37 bits per heavy atom. The van der Waals surface area contributed by atoms with Crippen molar-refractivity contribution in [3.05, 3.63) is 53.4 Å². The lowest BCUT2D eigenvalue weighted by atomic mass is 10.2. The molecule has 3 aromatic rings. The van der Waals surface area contributed by atoms with Gasteiger partial charge in [0.2, 0.25) is 0 Å². The second-order valence-corrected chi connectivity index (χ2v) is 5.76. The van der Waals surface area contributed by atoms with Crippen LogP contribution in [0.15, 0.2) is 42.7 Å². The molecular formula is C15H17N3S. The Labute approximate surface area is 116 Å². The predicted molar refractivity (Wildman–Crippen MR) is 80.5 cm³/mol. The van der Waals surface area contributed by atoms with Gasteiger partial charge in [0.1, 0.15) is 5.82 Å². The van der Waals surface area contributed by atoms with Crippen molar-refractivity contribution in [2.45, 2.75) is 19.4 Å². The summed E-state index contributed by atoms with van der Waals surface area (Å²) in [4.78, 5) is 8.74. The number of nitrogens with zero attached hydrogens (tertiary/aromatic N) is 1. The maximum Gasteiger partial charge on any atom is 0.107 e. The van der Waals surface area contributed by atoms with E-state index in [-0.39, 0.29) is 0 Å². The highest BCUT2D eigenvalue weighted by Crippen LogP contribution is 2.29. The van der Waals surface area contributed by atoms with E-state index in [1.54, 1.807) is 6.20 Å². The molecule has 0 spiro atoms. The summed E-state index contributed by atoms with van der Waals surface area (Å²) in [5.74, 6) is 1.04. The number of hydrogen-bond acceptors (Lipinski definition) is 3. The van der Waals surface area contributed by atoms with Crippen LogP contribution in [0.25, 0.3) is 10.1 Å². The summed E-state index contributed by atoms with van der Waals surface area (Å²) in [7, 11) is 0. The van der Waals surface area contributed by atoms with E-state index in [2.05, 4.69) is 52.5 Å². The number of aromatic nitrogens is 2. The first-order valence-electron chi connectivity index (χ1n) is 6.53. The Hall–Kier alpha value is -1.65. The maximum absolute atomic E-state index is 4.23. The normalized spacial score (nSPS) is 12.9. The molecule has 0 aliphatic heterocycles. The van der Waals surface area contributed by atoms with Gasteiger partial charge in [-0.25, -0.2) is 4.98 Å². The van der Waals surface area contributed by atoms with Gasteiger partial charge >= 0.3 is 0 Å². The zero-order chi connectivity index (χ0) is 13.1. The minimum absolute atomic E-state index is 0.382. The highest BCUT2D eigenvalue weighted by molar-refractivity contribution is 7.19. The number of imidazole rings is 1. The first-order chi connectivity index (χ1) is 9.33. The molecule has 3 rings (SSSR count). The summed E-state index contributed by atoms with van der Waals surface area (Å²) in [6.07, 6.45) is 4.59. The smallest absolute Gasteiger partial charge is 0.107 e. The number of hydrogen-bond donors (Lipinski definition) is 2. The Balaban J connectivity index is 1.61. The number of H-pyrrole nitrogens is 1. The highest BCUT2D eigenvalue weighted by atomic mass is 32.1. The molecule has 2 aromatic heterocycles. The number of aromatic amines is 1. The fraction of sp³-hybridized carbons (Fsp3) is 0.267. The Kier molecular flexibility index (Phi) is 3.62. The Morgan fingerprint density at radius 2 is 2.26 bits per heavy atom. The van der Waals surface area contributed by atoms with Crippen molar-refractivity contribution in [2.75, 3.05) is 6.54 Å². The molecule has 98 valence electrons. The van der Waals surface area contributed by atoms with E-state index in [4.69, 9.17) is 0 Å². The van der Waals surface area contributed by atoms with Crippen molar-refractivity contribution in [3.8, 4) is 0 Å². The van der Waals surface area contributed by atoms with Gasteiger partial charge < -0.3 is 10.3 Å². The van der Waals surface area contributed by atoms with Gasteiger partial charge in [0.25, 0.3) is 0 Å². The van der Waals surface area contributed by atoms with E-state index in [0.717, 1.165) is 18.8 Å². The SMILES string of the molecule is CC(NCCc1ncc[nH]1)c1cc2ccccc2s1. The molecule has 0 bridgehead atoms. The van der Waals surface area contributed by atoms with Gasteiger partial charge in [-0.1, -0.05) is 18.2 Å². The number of thiophene rings is 1. The van der Waals surface area contributed by atoms with Gasteiger partial charge in [0, 0.05) is 41.0 Å². The topological polar surface area (TPSA) is 40.7 Å². The Bertz CT molecular complexity index is 609. The van der Waals surface area contributed by atoms with Crippen molar-refractivity contribution in [2.24, 2.45) is 0 Å². The number of rotatable bonds is 5. The molecule has 2 heterocycles. The summed E-state index contributed by atoms with van der Waals surface area (Å²) in [6.45, 7) is 3.15. The van der Waals surface area contributed by atoms with Crippen molar-refractivity contribution in [3.63, 3.8) is 0 Å². The summed E-state index contributed by atoms with van der Waals surface area (Å²) in [5, 5.41) is 4.88. The lowest BCUT2D eigenvalue weighted by Gasteiger charge is -2.10. The van der Waals surface area contributed by atoms with Crippen LogP contribution in [-0.2, 0) is 6.42 Å². The molecule has 0 aliphatic carbocycles. The number of benzene rings is 1. The Morgan fingerprint density at radius 3 is 3.05 bits per heavy atom. The van der Waals surface area contributed by atoms with Crippen LogP contribution in [0.5, 0.6) is 0 Å². The van der Waals surface area contributed by atoms with Crippen molar-refractivity contribution in [1.29, 1.82) is 0 Å². The van der Waals surface area contributed by atoms with Crippen LogP contribution in [0, 0.1) is 0 Å². The molecule has 2 N–H and O–H groups in total. The van der Waals surface area contributed by atoms with Gasteiger partial charge in [-0.3, -0.25) is 0 Å². The quantitative estimate of drug-likeness (QED) is 0.745. The van der Waals surface area contributed by atoms with Crippen LogP contribution < -0.4 is 5.32 Å². The van der Waals surface area contributed by atoms with E-state index in [0.29, 0.717) is 6.04 Å². The largest absolute Gasteiger partial charge is 0.349 e. The fourth-order valence-corrected chi connectivity index (χ4v) is 3.25. The van der Waals surface area contributed by atoms with Crippen molar-refractivity contribution >= 4 is 21.4 Å². The molecule has 3 nitrogen and oxygen atoms in total. The molecule has 1 aromatic carbocycles. The summed E-state index contributed by atoms with van der Waals surface area (Å²) < 4.78 is 1.36. The van der Waals surface area contributed by atoms with Crippen molar-refractivity contribution in [1.82, 2.24) is 15.3 Å². The minimum atomic E-state index is 0.382. The number of fused-ring (bicyclic) bond motifs is 1. The van der Waals surface area contributed by atoms with Gasteiger partial charge in [0.15, 0.2) is 0 Å². The van der Waals surface area contributed by atoms with Crippen LogP contribution in [0.2, 0.25) is 0 Å². The molecule has 0 saturated heterocycles. The third-order valence-corrected chi connectivity index (χ3v) is 4.54. The van der Waals surface area contributed by atoms with Crippen LogP contribution in [0.1, 0.15) is 23.7 Å². The predicted octanol–water partition coefficient (Wildman–Crippen LogP) is 3.52. The molecule has 0 amide bonds. The van der Waals surface area contributed by atoms with Crippen LogP contribution in [-0.4, -0.2) is 16.5 Å². The lowest BCUT2D eigenvalue weighted by Crippen LogP contribution is -2.20. The van der Waals surface area contributed by atoms with Gasteiger partial charge in [-0.15, -0.1) is 11.3 Å². The molecule has 1 atom stereocenters. The molecule has 19 heavy (non-hydrogen) atoms. The van der Waals surface area contributed by atoms with E-state index in [1.807, 2.05) is 17.5 Å². The van der Waals surface area contributed by atoms with Gasteiger partial charge in [-0.05, 0) is 24.4 Å². The molecule has 0 saturated carbocycles. The van der Waals surface area contributed by atoms with E-state index in [1.165, 1.54) is 15.0 Å². The third kappa shape index (κ3) is 2.85. The maximum atomic E-state index is 4.23. The van der Waals surface area contributed by atoms with Gasteiger partial charge in [-0.2, -0.15) is 0 Å². The van der Waals surface area contributed by atoms with Crippen LogP contribution >= 0.6 is 11.3 Å². The molecule has 4 heteroatoms. The summed E-state index contributed by atoms with van der Waals surface area (Å²) >= 11 is 1.87. The molecule has 0 radical (unpaired) electrons. The highest BCUT2D eigenvalue weighted by Gasteiger charge is 2.08. The second kappa shape index (κ2) is 5.55. The summed E-state index contributed by atoms with van der Waals surface area (Å²) in [6, 6.07) is 11.2. The van der Waals surface area contributed by atoms with E-state index in [9.17, 15) is 0 Å². The van der Waals surface area contributed by atoms with Crippen molar-refractivity contribution < 1.29 is 0 Å². The number of nitrogens with one attached hydrogen (secondary N) is 2. The average Bonchev–Trinajstić information content (AvgIpc) is 3.07. The standard InChI is InChI=1S/C15H17N3S/c1-11(16-7-6-15-17-8-9-18-15)14-10-12-4-2-3-5-13(12)19-14/h2-5,8-11,16H,6-7H2,1H3,(H,17,18). The van der Waals surface area contributed by atoms with E-state index < -0.39 is 0 Å². The zero-order valence-electron chi connectivity index (χ0n) is 10.9. The van der Waals surface area contributed by atoms with Crippen LogP contribution in [0.4, 0.5) is 0 Å². The lowest BCUT2D eigenvalue weighted by molar-refractivity contribution is 0.579. The second-order valence-electron chi connectivity index (χ2n) is 4.65. The average molecular weight is 271 g/mol. The summed E-state index contributed by atoms with van der Waals surface area (Å²) in [5.41, 5.74) is 0. The molecule has 1 unspecified atom stereocenters. The van der Waals surface area contributed by atoms with E-state index >= 15 is 0 Å². The van der Waals surface area contributed by atoms with Crippen LogP contribution in [0.3, 0.4) is 0 Å². The molecular weight excluding hydrogens is 254 g/mol. The first kappa shape index (κ1) is 12.4. The van der Waals surface area contributed by atoms with Gasteiger partial charge in [0.05, 0.1) is 0 Å².